The molecular formula is C11H10OS. The van der Waals surface area contributed by atoms with E-state index in [1.165, 1.54) is 28.2 Å². The lowest BCUT2D eigenvalue weighted by molar-refractivity contribution is 0.530. The summed E-state index contributed by atoms with van der Waals surface area (Å²) in [4.78, 5) is 1.38. The van der Waals surface area contributed by atoms with E-state index in [4.69, 9.17) is 4.42 Å². The van der Waals surface area contributed by atoms with Crippen molar-refractivity contribution in [2.24, 2.45) is 0 Å². The second-order valence-electron chi connectivity index (χ2n) is 3.30. The number of benzene rings is 1. The molecule has 1 aromatic heterocycles. The Hall–Kier alpha value is -0.890. The monoisotopic (exact) mass is 190 g/mol. The normalized spacial score (nSPS) is 16.0. The van der Waals surface area contributed by atoms with Crippen LogP contribution in [0.25, 0.3) is 11.0 Å². The molecule has 2 heteroatoms. The molecule has 66 valence electrons. The minimum atomic E-state index is 1.04. The van der Waals surface area contributed by atoms with Gasteiger partial charge in [0.1, 0.15) is 11.3 Å². The van der Waals surface area contributed by atoms with Crippen LogP contribution in [0.3, 0.4) is 0 Å². The molecule has 0 atom stereocenters. The predicted molar refractivity (Wildman–Crippen MR) is 55.3 cm³/mol. The molecule has 0 amide bonds. The minimum absolute atomic E-state index is 1.04. The molecule has 1 aliphatic rings. The molecule has 1 aliphatic heterocycles. The molecule has 1 aromatic carbocycles. The van der Waals surface area contributed by atoms with Gasteiger partial charge in [0.15, 0.2) is 0 Å². The summed E-state index contributed by atoms with van der Waals surface area (Å²) >= 11 is 1.93. The Labute approximate surface area is 81.1 Å². The molecule has 0 spiro atoms. The van der Waals surface area contributed by atoms with Gasteiger partial charge in [-0.25, -0.2) is 0 Å². The van der Waals surface area contributed by atoms with Crippen LogP contribution in [0.15, 0.2) is 33.6 Å². The number of aryl methyl sites for hydroxylation is 1. The maximum atomic E-state index is 5.77. The summed E-state index contributed by atoms with van der Waals surface area (Å²) in [6.45, 7) is 0. The molecule has 0 radical (unpaired) electrons. The van der Waals surface area contributed by atoms with Crippen LogP contribution in [0.5, 0.6) is 0 Å². The molecule has 1 nitrogen and oxygen atoms in total. The molecule has 0 fully saturated rings. The third kappa shape index (κ3) is 1.09. The predicted octanol–water partition coefficient (Wildman–Crippen LogP) is 3.47. The van der Waals surface area contributed by atoms with Crippen molar-refractivity contribution in [1.82, 2.24) is 0 Å². The first-order valence-electron chi connectivity index (χ1n) is 4.58. The van der Waals surface area contributed by atoms with E-state index in [0.717, 1.165) is 12.0 Å². The van der Waals surface area contributed by atoms with E-state index in [1.807, 2.05) is 23.9 Å². The van der Waals surface area contributed by atoms with E-state index < -0.39 is 0 Å². The van der Waals surface area contributed by atoms with Gasteiger partial charge < -0.3 is 4.42 Å². The van der Waals surface area contributed by atoms with Crippen LogP contribution in [0.4, 0.5) is 0 Å². The fourth-order valence-corrected chi connectivity index (χ4v) is 2.92. The molecule has 3 rings (SSSR count). The van der Waals surface area contributed by atoms with Crippen molar-refractivity contribution >= 4 is 22.7 Å². The first-order chi connectivity index (χ1) is 6.45. The lowest BCUT2D eigenvalue weighted by Gasteiger charge is -2.07. The topological polar surface area (TPSA) is 13.1 Å². The van der Waals surface area contributed by atoms with Crippen molar-refractivity contribution in [3.8, 4) is 0 Å². The summed E-state index contributed by atoms with van der Waals surface area (Å²) in [7, 11) is 0. The van der Waals surface area contributed by atoms with E-state index >= 15 is 0 Å². The summed E-state index contributed by atoms with van der Waals surface area (Å²) in [5, 5.41) is 1.29. The molecule has 0 N–H and O–H groups in total. The fourth-order valence-electron chi connectivity index (χ4n) is 1.80. The maximum absolute atomic E-state index is 5.77. The van der Waals surface area contributed by atoms with E-state index in [0.29, 0.717) is 0 Å². The van der Waals surface area contributed by atoms with Crippen LogP contribution in [0.1, 0.15) is 12.2 Å². The van der Waals surface area contributed by atoms with Gasteiger partial charge in [-0.3, -0.25) is 0 Å². The third-order valence-electron chi connectivity index (χ3n) is 2.41. The first kappa shape index (κ1) is 7.51. The number of thioether (sulfide) groups is 1. The Kier molecular flexibility index (Phi) is 1.62. The van der Waals surface area contributed by atoms with Gasteiger partial charge in [-0.15, -0.1) is 11.8 Å². The Bertz CT molecular complexity index is 444. The van der Waals surface area contributed by atoms with Gasteiger partial charge >= 0.3 is 0 Å². The summed E-state index contributed by atoms with van der Waals surface area (Å²) in [5.74, 6) is 2.42. The van der Waals surface area contributed by atoms with Crippen LogP contribution in [-0.2, 0) is 6.42 Å². The van der Waals surface area contributed by atoms with Crippen LogP contribution >= 0.6 is 11.8 Å². The number of fused-ring (bicyclic) bond motifs is 3. The van der Waals surface area contributed by atoms with Gasteiger partial charge in [0, 0.05) is 11.8 Å². The van der Waals surface area contributed by atoms with Crippen LogP contribution in [0, 0.1) is 0 Å². The molecule has 0 saturated heterocycles. The Balaban J connectivity index is 2.34. The average Bonchev–Trinajstić information content (AvgIpc) is 2.56. The highest BCUT2D eigenvalue weighted by Gasteiger charge is 2.17. The van der Waals surface area contributed by atoms with Gasteiger partial charge in [0.25, 0.3) is 0 Å². The molecule has 13 heavy (non-hydrogen) atoms. The van der Waals surface area contributed by atoms with Crippen molar-refractivity contribution in [3.63, 3.8) is 0 Å². The summed E-state index contributed by atoms with van der Waals surface area (Å²) in [6.07, 6.45) is 2.36. The Morgan fingerprint density at radius 3 is 3.15 bits per heavy atom. The SMILES string of the molecule is c1ccc2c3c(oc2c1)CCCS3. The first-order valence-corrected chi connectivity index (χ1v) is 5.57. The number of furan rings is 1. The largest absolute Gasteiger partial charge is 0.460 e. The lowest BCUT2D eigenvalue weighted by Crippen LogP contribution is -1.93. The minimum Gasteiger partial charge on any atom is -0.460 e. The highest BCUT2D eigenvalue weighted by Crippen LogP contribution is 2.38. The fraction of sp³-hybridized carbons (Fsp3) is 0.273. The van der Waals surface area contributed by atoms with Crippen molar-refractivity contribution in [2.75, 3.05) is 5.75 Å². The zero-order chi connectivity index (χ0) is 8.67. The van der Waals surface area contributed by atoms with Gasteiger partial charge in [-0.05, 0) is 24.3 Å². The van der Waals surface area contributed by atoms with Gasteiger partial charge in [0.2, 0.25) is 0 Å². The van der Waals surface area contributed by atoms with Crippen LogP contribution < -0.4 is 0 Å². The lowest BCUT2D eigenvalue weighted by atomic mass is 10.2. The zero-order valence-corrected chi connectivity index (χ0v) is 8.06. The van der Waals surface area contributed by atoms with Crippen molar-refractivity contribution < 1.29 is 4.42 Å². The molecule has 0 unspecified atom stereocenters. The summed E-state index contributed by atoms with van der Waals surface area (Å²) in [6, 6.07) is 8.31. The maximum Gasteiger partial charge on any atom is 0.135 e. The summed E-state index contributed by atoms with van der Waals surface area (Å²) < 4.78 is 5.77. The van der Waals surface area contributed by atoms with E-state index in [-0.39, 0.29) is 0 Å². The van der Waals surface area contributed by atoms with Crippen molar-refractivity contribution in [3.05, 3.63) is 30.0 Å². The van der Waals surface area contributed by atoms with E-state index in [1.54, 1.807) is 0 Å². The smallest absolute Gasteiger partial charge is 0.135 e. The average molecular weight is 190 g/mol. The highest BCUT2D eigenvalue weighted by molar-refractivity contribution is 7.99. The third-order valence-corrected chi connectivity index (χ3v) is 3.64. The molecule has 0 saturated carbocycles. The Morgan fingerprint density at radius 1 is 1.23 bits per heavy atom. The molecule has 2 heterocycles. The quantitative estimate of drug-likeness (QED) is 0.631. The van der Waals surface area contributed by atoms with Crippen molar-refractivity contribution in [2.45, 2.75) is 17.7 Å². The molecular weight excluding hydrogens is 180 g/mol. The van der Waals surface area contributed by atoms with Crippen molar-refractivity contribution in [1.29, 1.82) is 0 Å². The van der Waals surface area contributed by atoms with Gasteiger partial charge in [-0.1, -0.05) is 12.1 Å². The van der Waals surface area contributed by atoms with Crippen LogP contribution in [-0.4, -0.2) is 5.75 Å². The standard InChI is InChI=1S/C11H10OS/c1-2-5-9-8(4-1)11-10(12-9)6-3-7-13-11/h1-2,4-5H,3,6-7H2. The van der Waals surface area contributed by atoms with Gasteiger partial charge in [0.05, 0.1) is 4.90 Å². The Morgan fingerprint density at radius 2 is 2.15 bits per heavy atom. The van der Waals surface area contributed by atoms with E-state index in [2.05, 4.69) is 12.1 Å². The second kappa shape index (κ2) is 2.81. The zero-order valence-electron chi connectivity index (χ0n) is 7.25. The number of hydrogen-bond donors (Lipinski definition) is 0. The second-order valence-corrected chi connectivity index (χ2v) is 4.41. The number of rotatable bonds is 0. The molecule has 0 bridgehead atoms. The van der Waals surface area contributed by atoms with Gasteiger partial charge in [-0.2, -0.15) is 0 Å². The molecule has 2 aromatic rings. The highest BCUT2D eigenvalue weighted by atomic mass is 32.2. The summed E-state index contributed by atoms with van der Waals surface area (Å²) in [5.41, 5.74) is 1.04. The molecule has 0 aliphatic carbocycles. The van der Waals surface area contributed by atoms with E-state index in [9.17, 15) is 0 Å². The number of hydrogen-bond acceptors (Lipinski definition) is 2. The number of para-hydroxylation sites is 1. The van der Waals surface area contributed by atoms with Crippen LogP contribution in [0.2, 0.25) is 0 Å².